The summed E-state index contributed by atoms with van der Waals surface area (Å²) in [7, 11) is 0. The molecule has 0 bridgehead atoms. The molecule has 0 unspecified atom stereocenters. The van der Waals surface area contributed by atoms with E-state index in [4.69, 9.17) is 17.1 Å². The first-order chi connectivity index (χ1) is 7.63. The van der Waals surface area contributed by atoms with Crippen LogP contribution in [0.5, 0.6) is 0 Å². The number of non-ortho nitro benzene ring substituents is 1. The fourth-order valence-corrected chi connectivity index (χ4v) is 2.33. The Balaban J connectivity index is 2.85. The first-order valence-corrected chi connectivity index (χ1v) is 5.07. The van der Waals surface area contributed by atoms with Crippen molar-refractivity contribution >= 4 is 44.6 Å². The summed E-state index contributed by atoms with van der Waals surface area (Å²) < 4.78 is 4.36. The van der Waals surface area contributed by atoms with E-state index >= 15 is 0 Å². The van der Waals surface area contributed by atoms with Crippen LogP contribution in [0.25, 0.3) is 20.5 Å². The summed E-state index contributed by atoms with van der Waals surface area (Å²) >= 11 is 6.81. The zero-order valence-corrected chi connectivity index (χ0v) is 9.07. The highest BCUT2D eigenvalue weighted by Crippen LogP contribution is 2.38. The molecule has 2 aromatic rings. The van der Waals surface area contributed by atoms with Crippen molar-refractivity contribution in [2.24, 2.45) is 5.11 Å². The molecular weight excluding hydrogens is 254 g/mol. The minimum absolute atomic E-state index is 0.116. The van der Waals surface area contributed by atoms with Crippen molar-refractivity contribution in [2.75, 3.05) is 0 Å². The lowest BCUT2D eigenvalue weighted by Crippen LogP contribution is -1.86. The number of hydrogen-bond donors (Lipinski definition) is 0. The van der Waals surface area contributed by atoms with Gasteiger partial charge < -0.3 is 0 Å². The minimum atomic E-state index is -0.566. The lowest BCUT2D eigenvalue weighted by atomic mass is 10.2. The third-order valence-electron chi connectivity index (χ3n) is 1.86. The van der Waals surface area contributed by atoms with Crippen LogP contribution in [-0.4, -0.2) is 9.30 Å². The normalized spacial score (nSPS) is 10.1. The quantitative estimate of drug-likeness (QED) is 0.268. The number of halogens is 1. The molecule has 0 saturated carbocycles. The second-order valence-corrected chi connectivity index (χ2v) is 3.92. The molecule has 80 valence electrons. The van der Waals surface area contributed by atoms with E-state index in [1.807, 2.05) is 0 Å². The maximum Gasteiger partial charge on any atom is 0.271 e. The van der Waals surface area contributed by atoms with Crippen molar-refractivity contribution < 1.29 is 4.92 Å². The van der Waals surface area contributed by atoms with Gasteiger partial charge >= 0.3 is 0 Å². The van der Waals surface area contributed by atoms with E-state index in [0.717, 1.165) is 11.5 Å². The fraction of sp³-hybridized carbons (Fsp3) is 0. The highest BCUT2D eigenvalue weighted by Gasteiger charge is 2.15. The van der Waals surface area contributed by atoms with Gasteiger partial charge in [0.1, 0.15) is 0 Å². The predicted octanol–water partition coefficient (Wildman–Crippen LogP) is 3.80. The Labute approximate surface area is 97.2 Å². The van der Waals surface area contributed by atoms with Crippen LogP contribution in [0.2, 0.25) is 5.15 Å². The Hall–Kier alpha value is -1.89. The van der Waals surface area contributed by atoms with Crippen LogP contribution in [0.1, 0.15) is 0 Å². The van der Waals surface area contributed by atoms with Gasteiger partial charge in [0.05, 0.1) is 15.3 Å². The molecule has 0 aliphatic heterocycles. The summed E-state index contributed by atoms with van der Waals surface area (Å²) in [5, 5.41) is 14.6. The number of aromatic nitrogens is 1. The predicted molar refractivity (Wildman–Crippen MR) is 60.1 cm³/mol. The molecule has 1 aromatic carbocycles. The van der Waals surface area contributed by atoms with Crippen LogP contribution >= 0.6 is 23.1 Å². The van der Waals surface area contributed by atoms with E-state index < -0.39 is 4.92 Å². The maximum atomic E-state index is 10.6. The lowest BCUT2D eigenvalue weighted by Gasteiger charge is -1.96. The molecule has 0 amide bonds. The molecule has 2 rings (SSSR count). The molecule has 16 heavy (non-hydrogen) atoms. The Morgan fingerprint density at radius 3 is 3.00 bits per heavy atom. The van der Waals surface area contributed by atoms with Gasteiger partial charge in [0.25, 0.3) is 5.69 Å². The first kappa shape index (κ1) is 10.6. The minimum Gasteiger partial charge on any atom is -0.258 e. The van der Waals surface area contributed by atoms with Crippen molar-refractivity contribution in [2.45, 2.75) is 0 Å². The monoisotopic (exact) mass is 255 g/mol. The molecule has 9 heteroatoms. The number of fused-ring (bicyclic) bond motifs is 1. The lowest BCUT2D eigenvalue weighted by molar-refractivity contribution is -0.384. The number of benzene rings is 1. The highest BCUT2D eigenvalue weighted by molar-refractivity contribution is 7.14. The van der Waals surface area contributed by atoms with Gasteiger partial charge in [-0.05, 0) is 17.1 Å². The second-order valence-electron chi connectivity index (χ2n) is 2.76. The molecule has 0 aliphatic carbocycles. The second kappa shape index (κ2) is 3.93. The molecule has 0 spiro atoms. The number of nitro benzene ring substituents is 1. The molecule has 0 saturated heterocycles. The first-order valence-electron chi connectivity index (χ1n) is 3.92. The average Bonchev–Trinajstić information content (AvgIpc) is 2.61. The average molecular weight is 256 g/mol. The van der Waals surface area contributed by atoms with Gasteiger partial charge in [0, 0.05) is 22.4 Å². The van der Waals surface area contributed by atoms with Crippen LogP contribution < -0.4 is 0 Å². The molecule has 0 aliphatic rings. The molecule has 0 fully saturated rings. The molecule has 0 atom stereocenters. The topological polar surface area (TPSA) is 105 Å². The number of rotatable bonds is 2. The Morgan fingerprint density at radius 2 is 2.38 bits per heavy atom. The van der Waals surface area contributed by atoms with E-state index in [9.17, 15) is 10.1 Å². The highest BCUT2D eigenvalue weighted by atomic mass is 35.5. The number of nitro groups is 1. The third kappa shape index (κ3) is 1.65. The van der Waals surface area contributed by atoms with Crippen LogP contribution in [0, 0.1) is 10.1 Å². The third-order valence-corrected chi connectivity index (χ3v) is 3.03. The standard InChI is InChI=1S/C7H2ClN5O2S/c8-7-6-4(10-12-9)1-3(13(14)15)2-5(6)16-11-7/h1-2H. The number of nitrogens with zero attached hydrogens (tertiary/aromatic N) is 5. The summed E-state index contributed by atoms with van der Waals surface area (Å²) in [6, 6.07) is 2.51. The van der Waals surface area contributed by atoms with E-state index in [1.165, 1.54) is 12.1 Å². The summed E-state index contributed by atoms with van der Waals surface area (Å²) in [6.45, 7) is 0. The smallest absolute Gasteiger partial charge is 0.258 e. The van der Waals surface area contributed by atoms with Gasteiger partial charge in [0.2, 0.25) is 0 Å². The molecule has 1 heterocycles. The van der Waals surface area contributed by atoms with Crippen molar-refractivity contribution in [3.05, 3.63) is 37.8 Å². The molecular formula is C7H2ClN5O2S. The fourth-order valence-electron chi connectivity index (χ4n) is 1.23. The summed E-state index contributed by atoms with van der Waals surface area (Å²) in [5.41, 5.74) is 8.32. The van der Waals surface area contributed by atoms with Crippen molar-refractivity contribution in [1.29, 1.82) is 0 Å². The van der Waals surface area contributed by atoms with Crippen molar-refractivity contribution in [3.63, 3.8) is 0 Å². The zero-order chi connectivity index (χ0) is 11.7. The summed E-state index contributed by atoms with van der Waals surface area (Å²) in [5.74, 6) is 0. The van der Waals surface area contributed by atoms with Gasteiger partial charge in [-0.2, -0.15) is 4.37 Å². The van der Waals surface area contributed by atoms with E-state index in [1.54, 1.807) is 0 Å². The number of azide groups is 1. The summed E-state index contributed by atoms with van der Waals surface area (Å²) in [4.78, 5) is 12.7. The molecule has 7 nitrogen and oxygen atoms in total. The van der Waals surface area contributed by atoms with Crippen LogP contribution in [0.3, 0.4) is 0 Å². The van der Waals surface area contributed by atoms with Gasteiger partial charge in [0.15, 0.2) is 5.15 Å². The molecule has 1 aromatic heterocycles. The SMILES string of the molecule is [N-]=[N+]=Nc1cc([N+](=O)[O-])cc2snc(Cl)c12. The van der Waals surface area contributed by atoms with Gasteiger partial charge in [-0.15, -0.1) is 0 Å². The zero-order valence-electron chi connectivity index (χ0n) is 7.49. The number of hydrogen-bond acceptors (Lipinski definition) is 5. The van der Waals surface area contributed by atoms with E-state index in [0.29, 0.717) is 10.1 Å². The van der Waals surface area contributed by atoms with Gasteiger partial charge in [-0.1, -0.05) is 16.7 Å². The largest absolute Gasteiger partial charge is 0.271 e. The van der Waals surface area contributed by atoms with E-state index in [2.05, 4.69) is 14.4 Å². The Kier molecular flexibility index (Phi) is 2.61. The Bertz CT molecular complexity index is 633. The summed E-state index contributed by atoms with van der Waals surface area (Å²) in [6.07, 6.45) is 0. The molecule has 0 N–H and O–H groups in total. The maximum absolute atomic E-state index is 10.6. The van der Waals surface area contributed by atoms with Crippen molar-refractivity contribution in [1.82, 2.24) is 4.37 Å². The van der Waals surface area contributed by atoms with Gasteiger partial charge in [-0.25, -0.2) is 0 Å². The molecule has 0 radical (unpaired) electrons. The van der Waals surface area contributed by atoms with Gasteiger partial charge in [-0.3, -0.25) is 10.1 Å². The van der Waals surface area contributed by atoms with Crippen LogP contribution in [0.15, 0.2) is 17.2 Å². The van der Waals surface area contributed by atoms with Crippen LogP contribution in [0.4, 0.5) is 11.4 Å². The van der Waals surface area contributed by atoms with Crippen molar-refractivity contribution in [3.8, 4) is 0 Å². The Morgan fingerprint density at radius 1 is 1.62 bits per heavy atom. The van der Waals surface area contributed by atoms with Crippen LogP contribution in [-0.2, 0) is 0 Å². The van der Waals surface area contributed by atoms with E-state index in [-0.39, 0.29) is 16.5 Å².